The first-order valence-corrected chi connectivity index (χ1v) is 16.8. The molecular weight excluding hydrogens is 582 g/mol. The molecular formula is C37H49N3O6. The molecule has 5 rings (SSSR count). The van der Waals surface area contributed by atoms with Crippen LogP contribution in [0, 0.1) is 46.8 Å². The number of aliphatic carboxylic acids is 1. The van der Waals surface area contributed by atoms with Gasteiger partial charge in [0.25, 0.3) is 5.91 Å². The predicted molar refractivity (Wildman–Crippen MR) is 175 cm³/mol. The number of carbonyl (C=O) groups is 3. The number of rotatable bonds is 10. The highest BCUT2D eigenvalue weighted by atomic mass is 16.6. The fourth-order valence-electron chi connectivity index (χ4n) is 9.13. The molecule has 0 heterocycles. The molecule has 248 valence electrons. The lowest BCUT2D eigenvalue weighted by Gasteiger charge is -2.58. The van der Waals surface area contributed by atoms with Gasteiger partial charge in [0.2, 0.25) is 5.91 Å². The van der Waals surface area contributed by atoms with Gasteiger partial charge in [0, 0.05) is 11.8 Å². The summed E-state index contributed by atoms with van der Waals surface area (Å²) < 4.78 is 0. The number of nitrogens with zero attached hydrogens (tertiary/aromatic N) is 1. The number of benzene rings is 1. The molecule has 0 saturated heterocycles. The zero-order valence-corrected chi connectivity index (χ0v) is 27.6. The van der Waals surface area contributed by atoms with Crippen LogP contribution in [0.3, 0.4) is 0 Å². The summed E-state index contributed by atoms with van der Waals surface area (Å²) >= 11 is 0. The van der Waals surface area contributed by atoms with Crippen LogP contribution in [-0.4, -0.2) is 58.0 Å². The van der Waals surface area contributed by atoms with Crippen molar-refractivity contribution in [2.24, 2.45) is 39.7 Å². The monoisotopic (exact) mass is 631 g/mol. The van der Waals surface area contributed by atoms with Crippen LogP contribution < -0.4 is 10.6 Å². The van der Waals surface area contributed by atoms with Crippen molar-refractivity contribution >= 4 is 23.5 Å². The van der Waals surface area contributed by atoms with Crippen LogP contribution in [0.4, 0.5) is 0 Å². The maximum Gasteiger partial charge on any atom is 0.326 e. The van der Waals surface area contributed by atoms with Crippen molar-refractivity contribution in [1.82, 2.24) is 10.6 Å². The third-order valence-electron chi connectivity index (χ3n) is 11.9. The molecule has 9 nitrogen and oxygen atoms in total. The van der Waals surface area contributed by atoms with Crippen molar-refractivity contribution in [3.05, 3.63) is 47.5 Å². The Morgan fingerprint density at radius 3 is 2.43 bits per heavy atom. The van der Waals surface area contributed by atoms with Gasteiger partial charge in [-0.05, 0) is 92.1 Å². The highest BCUT2D eigenvalue weighted by Crippen LogP contribution is 2.67. The van der Waals surface area contributed by atoms with E-state index >= 15 is 0 Å². The van der Waals surface area contributed by atoms with Crippen molar-refractivity contribution < 1.29 is 29.4 Å². The zero-order chi connectivity index (χ0) is 33.3. The molecule has 3 fully saturated rings. The first kappa shape index (κ1) is 33.7. The molecule has 46 heavy (non-hydrogen) atoms. The number of aliphatic hydroxyl groups is 1. The molecule has 0 radical (unpaired) electrons. The Kier molecular flexibility index (Phi) is 9.70. The Morgan fingerprint density at radius 2 is 1.76 bits per heavy atom. The van der Waals surface area contributed by atoms with Crippen LogP contribution in [0.5, 0.6) is 0 Å². The largest absolute Gasteiger partial charge is 0.480 e. The number of terminal acetylenes is 1. The van der Waals surface area contributed by atoms with Gasteiger partial charge in [0.15, 0.2) is 6.61 Å². The first-order valence-electron chi connectivity index (χ1n) is 16.8. The van der Waals surface area contributed by atoms with E-state index in [0.29, 0.717) is 24.2 Å². The summed E-state index contributed by atoms with van der Waals surface area (Å²) in [4.78, 5) is 43.2. The Hall–Kier alpha value is -3.64. The van der Waals surface area contributed by atoms with Crippen molar-refractivity contribution in [3.8, 4) is 12.3 Å². The Balaban J connectivity index is 1.16. The van der Waals surface area contributed by atoms with Crippen molar-refractivity contribution in [2.75, 3.05) is 6.61 Å². The fourth-order valence-corrected chi connectivity index (χ4v) is 9.13. The van der Waals surface area contributed by atoms with Crippen molar-refractivity contribution in [1.29, 1.82) is 0 Å². The molecule has 4 N–H and O–H groups in total. The van der Waals surface area contributed by atoms with Gasteiger partial charge in [-0.25, -0.2) is 4.79 Å². The molecule has 2 amide bonds. The van der Waals surface area contributed by atoms with E-state index in [1.54, 1.807) is 26.0 Å². The number of fused-ring (bicyclic) bond motifs is 5. The average Bonchev–Trinajstić information content (AvgIpc) is 3.30. The summed E-state index contributed by atoms with van der Waals surface area (Å²) in [5.41, 5.74) is 1.84. The van der Waals surface area contributed by atoms with Crippen LogP contribution in [0.1, 0.15) is 84.6 Å². The number of nitrogens with one attached hydrogen (secondary N) is 2. The minimum Gasteiger partial charge on any atom is -0.480 e. The van der Waals surface area contributed by atoms with Gasteiger partial charge < -0.3 is 25.7 Å². The highest BCUT2D eigenvalue weighted by molar-refractivity contribution is 5.96. The zero-order valence-electron chi connectivity index (χ0n) is 27.6. The number of hydrogen-bond acceptors (Lipinski definition) is 6. The number of allylic oxidation sites excluding steroid dienone is 2. The third kappa shape index (κ3) is 6.33. The van der Waals surface area contributed by atoms with Crippen molar-refractivity contribution in [3.63, 3.8) is 0 Å². The van der Waals surface area contributed by atoms with Crippen LogP contribution >= 0.6 is 0 Å². The Bertz CT molecular complexity index is 1430. The second-order valence-electron chi connectivity index (χ2n) is 14.7. The molecule has 9 heteroatoms. The molecule has 4 aliphatic carbocycles. The number of carboxylic acid groups (broad SMARTS) is 1. The van der Waals surface area contributed by atoms with Gasteiger partial charge in [0.1, 0.15) is 17.7 Å². The summed E-state index contributed by atoms with van der Waals surface area (Å²) in [6, 6.07) is 7.02. The molecule has 0 aromatic heterocycles. The van der Waals surface area contributed by atoms with Crippen LogP contribution in [0.15, 0.2) is 47.1 Å². The second-order valence-corrected chi connectivity index (χ2v) is 14.7. The maximum absolute atomic E-state index is 13.1. The summed E-state index contributed by atoms with van der Waals surface area (Å²) in [6.07, 6.45) is 15.6. The van der Waals surface area contributed by atoms with E-state index < -0.39 is 35.5 Å². The van der Waals surface area contributed by atoms with Gasteiger partial charge in [-0.2, -0.15) is 0 Å². The van der Waals surface area contributed by atoms with E-state index in [-0.39, 0.29) is 29.8 Å². The maximum atomic E-state index is 13.1. The third-order valence-corrected chi connectivity index (χ3v) is 11.9. The number of oxime groups is 1. The lowest BCUT2D eigenvalue weighted by Crippen LogP contribution is -2.54. The highest BCUT2D eigenvalue weighted by Gasteiger charge is 2.63. The average molecular weight is 632 g/mol. The second kappa shape index (κ2) is 13.2. The van der Waals surface area contributed by atoms with E-state index in [0.717, 1.165) is 56.2 Å². The Labute approximate surface area is 272 Å². The van der Waals surface area contributed by atoms with Gasteiger partial charge >= 0.3 is 5.97 Å². The van der Waals surface area contributed by atoms with E-state index in [1.807, 2.05) is 18.2 Å². The minimum atomic E-state index is -1.15. The van der Waals surface area contributed by atoms with Crippen LogP contribution in [0.25, 0.3) is 0 Å². The summed E-state index contributed by atoms with van der Waals surface area (Å²) in [5, 5.41) is 30.5. The van der Waals surface area contributed by atoms with Crippen LogP contribution in [0.2, 0.25) is 0 Å². The first-order chi connectivity index (χ1) is 21.8. The summed E-state index contributed by atoms with van der Waals surface area (Å²) in [6.45, 7) is 7.82. The molecule has 1 aromatic rings. The predicted octanol–water partition coefficient (Wildman–Crippen LogP) is 4.64. The lowest BCUT2D eigenvalue weighted by atomic mass is 9.46. The number of carboxylic acids is 1. The van der Waals surface area contributed by atoms with Crippen LogP contribution in [-0.2, 0) is 25.6 Å². The molecule has 0 bridgehead atoms. The topological polar surface area (TPSA) is 137 Å². The lowest BCUT2D eigenvalue weighted by molar-refractivity contribution is -0.142. The molecule has 0 unspecified atom stereocenters. The number of hydrogen-bond donors (Lipinski definition) is 4. The molecule has 0 aliphatic heterocycles. The molecule has 4 aliphatic rings. The molecule has 3 saturated carbocycles. The molecule has 0 spiro atoms. The summed E-state index contributed by atoms with van der Waals surface area (Å²) in [7, 11) is 0. The van der Waals surface area contributed by atoms with E-state index in [9.17, 15) is 24.6 Å². The Morgan fingerprint density at radius 1 is 1.04 bits per heavy atom. The van der Waals surface area contributed by atoms with Gasteiger partial charge in [-0.3, -0.25) is 9.59 Å². The quantitative estimate of drug-likeness (QED) is 0.219. The van der Waals surface area contributed by atoms with E-state index in [2.05, 4.69) is 41.6 Å². The summed E-state index contributed by atoms with van der Waals surface area (Å²) in [5.74, 6) is 1.81. The number of carbonyl (C=O) groups excluding carboxylic acids is 2. The van der Waals surface area contributed by atoms with Gasteiger partial charge in [-0.15, -0.1) is 6.42 Å². The normalized spacial score (nSPS) is 33.8. The SMILES string of the molecule is C#C[C@@]1(O)CC[C@@H]2[C@@H]3CCC4=CC(=NOCC(=O)N[C@H](C(=O)N[C@@H](Cc5ccccc5)C(=O)O)C(C)C)CC[C@@]4(C)[C@H]3CC[C@]21C. The minimum absolute atomic E-state index is 0.0731. The fraction of sp³-hybridized carbons (Fsp3) is 0.622. The number of amides is 2. The molecule has 1 aromatic carbocycles. The van der Waals surface area contributed by atoms with E-state index in [4.69, 9.17) is 11.3 Å². The smallest absolute Gasteiger partial charge is 0.326 e. The van der Waals surface area contributed by atoms with Gasteiger partial charge in [-0.1, -0.05) is 74.7 Å². The molecule has 8 atom stereocenters. The van der Waals surface area contributed by atoms with E-state index in [1.165, 1.54) is 5.57 Å². The standard InChI is InChI=1S/C37H49N3O6/c1-6-37(45)19-16-29-27-13-12-25-21-26(14-17-35(25,4)28(27)15-18-36(29,37)5)40-46-22-31(41)39-32(23(2)3)33(42)38-30(34(43)44)20-24-10-8-7-9-11-24/h1,7-11,21,23,27-30,32,45H,12-20,22H2,2-5H3,(H,38,42)(H,39,41)(H,43,44)/t27-,28+,29-,30+,32+,35-,36-,37-/m1/s1. The van der Waals surface area contributed by atoms with Gasteiger partial charge in [0.05, 0.1) is 5.71 Å². The van der Waals surface area contributed by atoms with Crippen molar-refractivity contribution in [2.45, 2.75) is 103 Å².